The topological polar surface area (TPSA) is 113 Å². The molecule has 11 heteroatoms. The number of benzene rings is 4. The number of amides is 3. The van der Waals surface area contributed by atoms with Gasteiger partial charge in [0.05, 0.1) is 18.6 Å². The number of nitrogens with one attached hydrogen (secondary N) is 2. The predicted octanol–water partition coefficient (Wildman–Crippen LogP) is 4.44. The fourth-order valence-corrected chi connectivity index (χ4v) is 7.47. The van der Waals surface area contributed by atoms with Gasteiger partial charge in [-0.15, -0.1) is 6.58 Å². The summed E-state index contributed by atoms with van der Waals surface area (Å²) in [6.07, 6.45) is 3.67. The molecule has 2 fully saturated rings. The summed E-state index contributed by atoms with van der Waals surface area (Å²) >= 11 is 0. The monoisotopic (exact) mass is 697 g/mol. The molecule has 2 saturated heterocycles. The lowest BCUT2D eigenvalue weighted by Gasteiger charge is -2.55. The minimum atomic E-state index is -0.760. The number of aromatic hydroxyl groups is 1. The Labute approximate surface area is 303 Å². The number of aryl methyl sites for hydroxylation is 1. The van der Waals surface area contributed by atoms with E-state index in [1.54, 1.807) is 42.3 Å². The first-order valence-corrected chi connectivity index (χ1v) is 17.5. The Morgan fingerprint density at radius 2 is 1.69 bits per heavy atom. The van der Waals surface area contributed by atoms with Crippen LogP contribution in [-0.4, -0.2) is 86.2 Å². The van der Waals surface area contributed by atoms with Crippen molar-refractivity contribution in [3.63, 3.8) is 0 Å². The maximum Gasteiger partial charge on any atom is 0.251 e. The summed E-state index contributed by atoms with van der Waals surface area (Å²) in [4.78, 5) is 44.4. The second-order valence-corrected chi connectivity index (χ2v) is 13.3. The van der Waals surface area contributed by atoms with Crippen LogP contribution in [0, 0.1) is 0 Å². The van der Waals surface area contributed by atoms with E-state index in [2.05, 4.69) is 40.2 Å². The highest BCUT2D eigenvalue weighted by Gasteiger charge is 2.50. The van der Waals surface area contributed by atoms with Crippen LogP contribution in [0.1, 0.15) is 27.0 Å². The summed E-state index contributed by atoms with van der Waals surface area (Å²) in [6.45, 7) is 5.63. The van der Waals surface area contributed by atoms with Gasteiger partial charge in [0.1, 0.15) is 18.0 Å². The van der Waals surface area contributed by atoms with E-state index in [0.29, 0.717) is 31.6 Å². The van der Waals surface area contributed by atoms with Crippen LogP contribution < -0.4 is 10.7 Å². The van der Waals surface area contributed by atoms with Gasteiger partial charge >= 0.3 is 0 Å². The Morgan fingerprint density at radius 3 is 2.40 bits per heavy atom. The third-order valence-electron chi connectivity index (χ3n) is 9.95. The quantitative estimate of drug-likeness (QED) is 0.175. The highest BCUT2D eigenvalue weighted by atomic mass is 16.3. The van der Waals surface area contributed by atoms with Gasteiger partial charge in [-0.3, -0.25) is 14.4 Å². The van der Waals surface area contributed by atoms with Crippen LogP contribution in [-0.2, 0) is 36.1 Å². The molecule has 4 aromatic carbocycles. The molecule has 266 valence electrons. The smallest absolute Gasteiger partial charge is 0.251 e. The van der Waals surface area contributed by atoms with Crippen molar-refractivity contribution < 1.29 is 19.5 Å². The number of carbonyl (C=O) groups is 3. The average Bonchev–Trinajstić information content (AvgIpc) is 3.51. The van der Waals surface area contributed by atoms with Crippen molar-refractivity contribution in [2.45, 2.75) is 31.7 Å². The van der Waals surface area contributed by atoms with Gasteiger partial charge in [-0.1, -0.05) is 78.9 Å². The average molecular weight is 698 g/mol. The molecule has 2 aliphatic rings. The minimum Gasteiger partial charge on any atom is -0.508 e. The van der Waals surface area contributed by atoms with Crippen molar-refractivity contribution in [1.29, 1.82) is 0 Å². The number of hydrogen-bond acceptors (Lipinski definition) is 7. The summed E-state index contributed by atoms with van der Waals surface area (Å²) in [7, 11) is 3.62. The largest absolute Gasteiger partial charge is 0.508 e. The molecule has 11 nitrogen and oxygen atoms in total. The van der Waals surface area contributed by atoms with Crippen LogP contribution >= 0.6 is 0 Å². The van der Waals surface area contributed by atoms with Gasteiger partial charge in [0.2, 0.25) is 11.8 Å². The Kier molecular flexibility index (Phi) is 9.90. The Morgan fingerprint density at radius 1 is 0.942 bits per heavy atom. The number of rotatable bonds is 11. The van der Waals surface area contributed by atoms with Crippen LogP contribution in [0.25, 0.3) is 22.0 Å². The number of nitrogens with zero attached hydrogens (tertiary/aromatic N) is 5. The second-order valence-electron chi connectivity index (χ2n) is 13.3. The van der Waals surface area contributed by atoms with Crippen molar-refractivity contribution in [3.05, 3.63) is 138 Å². The van der Waals surface area contributed by atoms with E-state index < -0.39 is 12.2 Å². The lowest BCUT2D eigenvalue weighted by Crippen LogP contribution is -2.77. The molecule has 0 unspecified atom stereocenters. The Balaban J connectivity index is 1.25. The molecular formula is C41H43N7O4. The summed E-state index contributed by atoms with van der Waals surface area (Å²) < 4.78 is 2.09. The van der Waals surface area contributed by atoms with Crippen LogP contribution in [0.4, 0.5) is 0 Å². The fourth-order valence-electron chi connectivity index (χ4n) is 7.47. The number of phenolic OH excluding ortho intramolecular Hbond substituents is 1. The van der Waals surface area contributed by atoms with E-state index in [1.165, 1.54) is 0 Å². The molecule has 2 aliphatic heterocycles. The number of hydrazine groups is 2. The molecule has 7 rings (SSSR count). The lowest BCUT2D eigenvalue weighted by molar-refractivity contribution is -0.217. The van der Waals surface area contributed by atoms with E-state index in [-0.39, 0.29) is 36.6 Å². The molecule has 3 heterocycles. The number of aromatic nitrogens is 1. The number of para-hydroxylation sites is 1. The molecular weight excluding hydrogens is 654 g/mol. The predicted molar refractivity (Wildman–Crippen MR) is 200 cm³/mol. The molecule has 0 bridgehead atoms. The third-order valence-corrected chi connectivity index (χ3v) is 9.95. The van der Waals surface area contributed by atoms with Gasteiger partial charge in [0.25, 0.3) is 5.91 Å². The molecule has 3 amide bonds. The number of phenols is 1. The zero-order chi connectivity index (χ0) is 36.4. The van der Waals surface area contributed by atoms with E-state index in [9.17, 15) is 19.5 Å². The SMILES string of the molecule is C=CCN1CC(=O)N2[C@@H](Cc3ccc(O)cc3)C(=O)N(Cc3cccc4c(-c5ccc(C(=O)NC)cc5)cn(C)c34)C[C@@H]2N1NCc1ccccc1. The molecule has 2 atom stereocenters. The molecule has 5 aromatic rings. The summed E-state index contributed by atoms with van der Waals surface area (Å²) in [5.74, 6) is -0.255. The van der Waals surface area contributed by atoms with Crippen molar-refractivity contribution in [1.82, 2.24) is 35.2 Å². The summed E-state index contributed by atoms with van der Waals surface area (Å²) in [6, 6.07) is 29.8. The fraction of sp³-hybridized carbons (Fsp3) is 0.244. The first kappa shape index (κ1) is 34.7. The van der Waals surface area contributed by atoms with Crippen LogP contribution in [0.5, 0.6) is 5.75 Å². The number of piperazine rings is 1. The molecule has 3 N–H and O–H groups in total. The molecule has 52 heavy (non-hydrogen) atoms. The molecule has 0 spiro atoms. The number of fused-ring (bicyclic) bond motifs is 2. The second kappa shape index (κ2) is 14.8. The zero-order valence-corrected chi connectivity index (χ0v) is 29.4. The molecule has 0 radical (unpaired) electrons. The maximum absolute atomic E-state index is 14.6. The first-order chi connectivity index (χ1) is 25.2. The molecule has 1 aromatic heterocycles. The van der Waals surface area contributed by atoms with Gasteiger partial charge in [-0.2, -0.15) is 5.12 Å². The lowest BCUT2D eigenvalue weighted by atomic mass is 9.98. The highest BCUT2D eigenvalue weighted by molar-refractivity contribution is 5.99. The van der Waals surface area contributed by atoms with Crippen molar-refractivity contribution in [3.8, 4) is 16.9 Å². The zero-order valence-electron chi connectivity index (χ0n) is 29.4. The van der Waals surface area contributed by atoms with E-state index in [4.69, 9.17) is 0 Å². The van der Waals surface area contributed by atoms with Gasteiger partial charge < -0.3 is 24.8 Å². The van der Waals surface area contributed by atoms with Gasteiger partial charge in [0.15, 0.2) is 0 Å². The van der Waals surface area contributed by atoms with E-state index in [1.807, 2.05) is 82.7 Å². The van der Waals surface area contributed by atoms with E-state index in [0.717, 1.165) is 38.7 Å². The molecule has 0 saturated carbocycles. The van der Waals surface area contributed by atoms with Crippen molar-refractivity contribution in [2.24, 2.45) is 7.05 Å². The summed E-state index contributed by atoms with van der Waals surface area (Å²) in [5.41, 5.74) is 10.1. The maximum atomic E-state index is 14.6. The van der Waals surface area contributed by atoms with Gasteiger partial charge in [-0.05, 0) is 46.5 Å². The minimum absolute atomic E-state index is 0.0964. The summed E-state index contributed by atoms with van der Waals surface area (Å²) in [5, 5.41) is 17.6. The van der Waals surface area contributed by atoms with Gasteiger partial charge in [-0.25, -0.2) is 10.4 Å². The normalized spacial score (nSPS) is 18.1. The van der Waals surface area contributed by atoms with Gasteiger partial charge in [0, 0.05) is 62.9 Å². The highest BCUT2D eigenvalue weighted by Crippen LogP contribution is 2.34. The Hall–Kier alpha value is -5.75. The standard InChI is InChI=1S/C41H43N7O4/c1-4-21-46-27-38(50)47-36(22-28-13-19-33(49)20-14-28)41(52)45(26-37(47)48(46)43-23-29-9-6-5-7-10-29)24-32-11-8-12-34-35(25-44(3)39(32)34)30-15-17-31(18-16-30)40(51)42-2/h4-20,25,36-37,43,49H,1,21-24,26-27H2,2-3H3,(H,42,51)/t36-,37-/m0/s1. The van der Waals surface area contributed by atoms with Crippen LogP contribution in [0.2, 0.25) is 0 Å². The third kappa shape index (κ3) is 6.81. The van der Waals surface area contributed by atoms with Crippen LogP contribution in [0.15, 0.2) is 116 Å². The van der Waals surface area contributed by atoms with E-state index >= 15 is 0 Å². The number of hydrogen-bond donors (Lipinski definition) is 3. The number of carbonyl (C=O) groups excluding carboxylic acids is 3. The van der Waals surface area contributed by atoms with Crippen molar-refractivity contribution in [2.75, 3.05) is 26.7 Å². The Bertz CT molecular complexity index is 2100. The molecule has 0 aliphatic carbocycles. The first-order valence-electron chi connectivity index (χ1n) is 17.5. The van der Waals surface area contributed by atoms with Crippen molar-refractivity contribution >= 4 is 28.6 Å². The van der Waals surface area contributed by atoms with Crippen LogP contribution in [0.3, 0.4) is 0 Å².